The van der Waals surface area contributed by atoms with Crippen molar-refractivity contribution in [2.45, 2.75) is 39.9 Å². The van der Waals surface area contributed by atoms with Crippen molar-refractivity contribution in [2.75, 3.05) is 13.1 Å². The fourth-order valence-electron chi connectivity index (χ4n) is 1.80. The minimum atomic E-state index is 0.502. The summed E-state index contributed by atoms with van der Waals surface area (Å²) in [5.41, 5.74) is 2.23. The van der Waals surface area contributed by atoms with E-state index in [1.807, 2.05) is 6.08 Å². The van der Waals surface area contributed by atoms with Crippen LogP contribution in [0.1, 0.15) is 32.2 Å². The van der Waals surface area contributed by atoms with E-state index in [1.165, 1.54) is 0 Å². The predicted octanol–water partition coefficient (Wildman–Crippen LogP) is 2.59. The number of hydrogen-bond donors (Lipinski definition) is 1. The van der Waals surface area contributed by atoms with Crippen LogP contribution in [0.15, 0.2) is 30.9 Å². The molecule has 0 aliphatic heterocycles. The second-order valence-electron chi connectivity index (χ2n) is 4.71. The SMILES string of the molecule is C=CCN(Cc1cccc(CNCC)n1)C(C)C. The second kappa shape index (κ2) is 8.01. The van der Waals surface area contributed by atoms with E-state index >= 15 is 0 Å². The normalized spacial score (nSPS) is 11.2. The largest absolute Gasteiger partial charge is 0.311 e. The minimum Gasteiger partial charge on any atom is -0.311 e. The Balaban J connectivity index is 2.67. The van der Waals surface area contributed by atoms with E-state index in [0.717, 1.165) is 37.6 Å². The van der Waals surface area contributed by atoms with Crippen molar-refractivity contribution in [1.29, 1.82) is 0 Å². The predicted molar refractivity (Wildman–Crippen MR) is 77.4 cm³/mol. The van der Waals surface area contributed by atoms with Crippen molar-refractivity contribution >= 4 is 0 Å². The number of nitrogens with zero attached hydrogens (tertiary/aromatic N) is 2. The van der Waals surface area contributed by atoms with Gasteiger partial charge in [0.1, 0.15) is 0 Å². The first-order valence-electron chi connectivity index (χ1n) is 6.67. The molecule has 3 heteroatoms. The number of hydrogen-bond acceptors (Lipinski definition) is 3. The van der Waals surface area contributed by atoms with Gasteiger partial charge < -0.3 is 5.32 Å². The van der Waals surface area contributed by atoms with Crippen LogP contribution in [-0.4, -0.2) is 29.0 Å². The number of aromatic nitrogens is 1. The molecule has 1 heterocycles. The zero-order valence-electron chi connectivity index (χ0n) is 11.8. The summed E-state index contributed by atoms with van der Waals surface area (Å²) in [6.07, 6.45) is 1.95. The Kier molecular flexibility index (Phi) is 6.61. The van der Waals surface area contributed by atoms with E-state index in [9.17, 15) is 0 Å². The van der Waals surface area contributed by atoms with Crippen molar-refractivity contribution < 1.29 is 0 Å². The molecule has 0 aromatic carbocycles. The lowest BCUT2D eigenvalue weighted by molar-refractivity contribution is 0.234. The third-order valence-corrected chi connectivity index (χ3v) is 2.88. The molecular formula is C15H25N3. The molecule has 18 heavy (non-hydrogen) atoms. The average Bonchev–Trinajstić information content (AvgIpc) is 2.36. The molecule has 3 nitrogen and oxygen atoms in total. The zero-order valence-corrected chi connectivity index (χ0v) is 11.8. The summed E-state index contributed by atoms with van der Waals surface area (Å²) in [6.45, 7) is 13.9. The first kappa shape index (κ1) is 14.9. The highest BCUT2D eigenvalue weighted by Crippen LogP contribution is 2.07. The van der Waals surface area contributed by atoms with E-state index in [-0.39, 0.29) is 0 Å². The Morgan fingerprint density at radius 2 is 2.11 bits per heavy atom. The Morgan fingerprint density at radius 1 is 1.39 bits per heavy atom. The fourth-order valence-corrected chi connectivity index (χ4v) is 1.80. The lowest BCUT2D eigenvalue weighted by Gasteiger charge is -2.24. The first-order chi connectivity index (χ1) is 8.67. The Labute approximate surface area is 111 Å². The van der Waals surface area contributed by atoms with Gasteiger partial charge in [0, 0.05) is 25.7 Å². The van der Waals surface area contributed by atoms with Crippen molar-refractivity contribution in [3.05, 3.63) is 42.2 Å². The maximum absolute atomic E-state index is 4.68. The van der Waals surface area contributed by atoms with E-state index in [0.29, 0.717) is 6.04 Å². The van der Waals surface area contributed by atoms with Crippen molar-refractivity contribution in [1.82, 2.24) is 15.2 Å². The summed E-state index contributed by atoms with van der Waals surface area (Å²) in [5.74, 6) is 0. The highest BCUT2D eigenvalue weighted by Gasteiger charge is 2.09. The summed E-state index contributed by atoms with van der Waals surface area (Å²) in [5, 5.41) is 3.30. The molecule has 0 saturated carbocycles. The van der Waals surface area contributed by atoms with Crippen molar-refractivity contribution in [2.24, 2.45) is 0 Å². The van der Waals surface area contributed by atoms with Crippen LogP contribution >= 0.6 is 0 Å². The quantitative estimate of drug-likeness (QED) is 0.716. The lowest BCUT2D eigenvalue weighted by Crippen LogP contribution is -2.30. The van der Waals surface area contributed by atoms with Gasteiger partial charge in [-0.3, -0.25) is 9.88 Å². The summed E-state index contributed by atoms with van der Waals surface area (Å²) in [6, 6.07) is 6.75. The van der Waals surface area contributed by atoms with Gasteiger partial charge in [-0.15, -0.1) is 6.58 Å². The van der Waals surface area contributed by atoms with Crippen LogP contribution in [-0.2, 0) is 13.1 Å². The maximum atomic E-state index is 4.68. The molecular weight excluding hydrogens is 222 g/mol. The molecule has 0 unspecified atom stereocenters. The molecule has 1 aromatic rings. The minimum absolute atomic E-state index is 0.502. The van der Waals surface area contributed by atoms with Gasteiger partial charge in [0.2, 0.25) is 0 Å². The van der Waals surface area contributed by atoms with E-state index in [1.54, 1.807) is 0 Å². The molecule has 0 fully saturated rings. The van der Waals surface area contributed by atoms with Crippen LogP contribution in [0.5, 0.6) is 0 Å². The summed E-state index contributed by atoms with van der Waals surface area (Å²) >= 11 is 0. The molecule has 0 atom stereocenters. The third-order valence-electron chi connectivity index (χ3n) is 2.88. The smallest absolute Gasteiger partial charge is 0.0548 e. The molecule has 0 spiro atoms. The molecule has 0 radical (unpaired) electrons. The molecule has 0 saturated heterocycles. The number of nitrogens with one attached hydrogen (secondary N) is 1. The van der Waals surface area contributed by atoms with Gasteiger partial charge in [-0.2, -0.15) is 0 Å². The Hall–Kier alpha value is -1.19. The summed E-state index contributed by atoms with van der Waals surface area (Å²) in [7, 11) is 0. The fraction of sp³-hybridized carbons (Fsp3) is 0.533. The van der Waals surface area contributed by atoms with Crippen LogP contribution in [0, 0.1) is 0 Å². The van der Waals surface area contributed by atoms with Gasteiger partial charge in [0.05, 0.1) is 11.4 Å². The van der Waals surface area contributed by atoms with Gasteiger partial charge in [0.25, 0.3) is 0 Å². The molecule has 1 N–H and O–H groups in total. The molecule has 1 aromatic heterocycles. The van der Waals surface area contributed by atoms with E-state index in [2.05, 4.69) is 60.7 Å². The van der Waals surface area contributed by atoms with Gasteiger partial charge in [-0.05, 0) is 32.5 Å². The lowest BCUT2D eigenvalue weighted by atomic mass is 10.2. The van der Waals surface area contributed by atoms with Gasteiger partial charge in [-0.1, -0.05) is 19.1 Å². The summed E-state index contributed by atoms with van der Waals surface area (Å²) in [4.78, 5) is 7.03. The molecule has 100 valence electrons. The highest BCUT2D eigenvalue weighted by atomic mass is 15.1. The standard InChI is InChI=1S/C15H25N3/c1-5-10-18(13(3)4)12-15-9-7-8-14(17-15)11-16-6-2/h5,7-9,13,16H,1,6,10-12H2,2-4H3. The zero-order chi connectivity index (χ0) is 13.4. The van der Waals surface area contributed by atoms with E-state index in [4.69, 9.17) is 0 Å². The Morgan fingerprint density at radius 3 is 2.72 bits per heavy atom. The monoisotopic (exact) mass is 247 g/mol. The number of rotatable bonds is 8. The average molecular weight is 247 g/mol. The molecule has 0 aliphatic carbocycles. The van der Waals surface area contributed by atoms with Crippen LogP contribution in [0.3, 0.4) is 0 Å². The van der Waals surface area contributed by atoms with Crippen LogP contribution in [0.4, 0.5) is 0 Å². The van der Waals surface area contributed by atoms with Gasteiger partial charge in [0.15, 0.2) is 0 Å². The molecule has 0 bridgehead atoms. The molecule has 1 rings (SSSR count). The maximum Gasteiger partial charge on any atom is 0.0548 e. The summed E-state index contributed by atoms with van der Waals surface area (Å²) < 4.78 is 0. The van der Waals surface area contributed by atoms with Crippen molar-refractivity contribution in [3.63, 3.8) is 0 Å². The van der Waals surface area contributed by atoms with Crippen LogP contribution in [0.25, 0.3) is 0 Å². The number of pyridine rings is 1. The second-order valence-corrected chi connectivity index (χ2v) is 4.71. The van der Waals surface area contributed by atoms with Crippen LogP contribution in [0.2, 0.25) is 0 Å². The Bertz CT molecular complexity index is 361. The third kappa shape index (κ3) is 4.98. The van der Waals surface area contributed by atoms with Gasteiger partial charge >= 0.3 is 0 Å². The highest BCUT2D eigenvalue weighted by molar-refractivity contribution is 5.11. The topological polar surface area (TPSA) is 28.2 Å². The molecule has 0 aliphatic rings. The molecule has 0 amide bonds. The first-order valence-corrected chi connectivity index (χ1v) is 6.67. The van der Waals surface area contributed by atoms with Crippen molar-refractivity contribution in [3.8, 4) is 0 Å². The van der Waals surface area contributed by atoms with Crippen LogP contribution < -0.4 is 5.32 Å². The van der Waals surface area contributed by atoms with E-state index < -0.39 is 0 Å². The van der Waals surface area contributed by atoms with Gasteiger partial charge in [-0.25, -0.2) is 0 Å².